The second-order valence-corrected chi connectivity index (χ2v) is 9.58. The molecule has 1 aromatic heterocycles. The fourth-order valence-corrected chi connectivity index (χ4v) is 5.84. The number of thiophene rings is 1. The third kappa shape index (κ3) is 4.24. The average molecular weight is 407 g/mol. The van der Waals surface area contributed by atoms with E-state index in [9.17, 15) is 14.4 Å². The number of hydrogen-bond acceptors (Lipinski definition) is 5. The van der Waals surface area contributed by atoms with Crippen molar-refractivity contribution in [2.24, 2.45) is 17.8 Å². The van der Waals surface area contributed by atoms with E-state index < -0.39 is 12.1 Å². The van der Waals surface area contributed by atoms with Crippen LogP contribution in [0.25, 0.3) is 0 Å². The summed E-state index contributed by atoms with van der Waals surface area (Å²) >= 11 is 1.33. The first kappa shape index (κ1) is 20.8. The highest BCUT2D eigenvalue weighted by Crippen LogP contribution is 2.49. The van der Waals surface area contributed by atoms with Crippen molar-refractivity contribution in [3.05, 3.63) is 16.0 Å². The van der Waals surface area contributed by atoms with E-state index >= 15 is 0 Å². The van der Waals surface area contributed by atoms with Gasteiger partial charge in [0, 0.05) is 17.8 Å². The van der Waals surface area contributed by atoms with E-state index in [1.165, 1.54) is 43.9 Å². The number of aryl methyl sites for hydroxylation is 1. The van der Waals surface area contributed by atoms with Gasteiger partial charge < -0.3 is 15.4 Å². The molecular formula is C21H30N2O4S. The molecule has 28 heavy (non-hydrogen) atoms. The Bertz CT molecular complexity index is 788. The smallest absolute Gasteiger partial charge is 0.342 e. The molecule has 0 aromatic carbocycles. The minimum atomic E-state index is -0.890. The van der Waals surface area contributed by atoms with Crippen molar-refractivity contribution in [3.63, 3.8) is 0 Å². The van der Waals surface area contributed by atoms with Crippen LogP contribution in [0.4, 0.5) is 5.00 Å². The van der Waals surface area contributed by atoms with E-state index in [1.54, 1.807) is 6.92 Å². The fourth-order valence-electron chi connectivity index (χ4n) is 4.75. The van der Waals surface area contributed by atoms with Gasteiger partial charge in [0.1, 0.15) is 5.00 Å². The first-order chi connectivity index (χ1) is 13.2. The summed E-state index contributed by atoms with van der Waals surface area (Å²) in [6.45, 7) is 8.74. The third-order valence-corrected chi connectivity index (χ3v) is 7.46. The lowest BCUT2D eigenvalue weighted by atomic mass is 9.84. The van der Waals surface area contributed by atoms with E-state index in [0.717, 1.165) is 22.3 Å². The Balaban J connectivity index is 1.61. The number of rotatable bonds is 6. The summed E-state index contributed by atoms with van der Waals surface area (Å²) in [5.41, 5.74) is 1.10. The standard InChI is InChI=1S/C21H30N2O4S/c1-10-13(4)28-20(23-14(5)24)18(10)21(26)27-12(3)19(25)22-11(2)17-9-15-6-7-16(17)8-15/h11-12,15-17H,6-9H2,1-5H3,(H,22,25)(H,23,24)/t11-,12+,15-,16-,17+/m0/s1. The minimum Gasteiger partial charge on any atom is -0.449 e. The van der Waals surface area contributed by atoms with Gasteiger partial charge >= 0.3 is 5.97 Å². The zero-order valence-electron chi connectivity index (χ0n) is 17.3. The molecule has 0 radical (unpaired) electrons. The van der Waals surface area contributed by atoms with Crippen molar-refractivity contribution in [2.45, 2.75) is 72.4 Å². The Labute approximate surface area is 170 Å². The molecule has 5 atom stereocenters. The van der Waals surface area contributed by atoms with Crippen molar-refractivity contribution in [3.8, 4) is 0 Å². The first-order valence-corrected chi connectivity index (χ1v) is 10.9. The number of carbonyl (C=O) groups is 3. The number of nitrogens with one attached hydrogen (secondary N) is 2. The molecule has 1 heterocycles. The van der Waals surface area contributed by atoms with Crippen LogP contribution in [0.3, 0.4) is 0 Å². The molecule has 1 aromatic rings. The van der Waals surface area contributed by atoms with Gasteiger partial charge in [0.25, 0.3) is 5.91 Å². The van der Waals surface area contributed by atoms with Gasteiger partial charge in [0.05, 0.1) is 5.56 Å². The van der Waals surface area contributed by atoms with Gasteiger partial charge in [-0.25, -0.2) is 4.79 Å². The Hall–Kier alpha value is -1.89. The van der Waals surface area contributed by atoms with Gasteiger partial charge in [0.15, 0.2) is 6.10 Å². The van der Waals surface area contributed by atoms with Crippen LogP contribution in [-0.2, 0) is 14.3 Å². The van der Waals surface area contributed by atoms with Crippen LogP contribution in [0.5, 0.6) is 0 Å². The maximum atomic E-state index is 12.7. The molecule has 2 N–H and O–H groups in total. The summed E-state index contributed by atoms with van der Waals surface area (Å²) in [6, 6.07) is 0.0871. The summed E-state index contributed by atoms with van der Waals surface area (Å²) in [5, 5.41) is 6.20. The topological polar surface area (TPSA) is 84.5 Å². The molecule has 2 fully saturated rings. The summed E-state index contributed by atoms with van der Waals surface area (Å²) in [4.78, 5) is 37.6. The SMILES string of the molecule is CC(=O)Nc1sc(C)c(C)c1C(=O)O[C@H](C)C(=O)N[C@@H](C)[C@H]1C[C@H]2CC[C@H]1C2. The van der Waals surface area contributed by atoms with Crippen LogP contribution in [0.15, 0.2) is 0 Å². The maximum Gasteiger partial charge on any atom is 0.342 e. The molecule has 2 aliphatic carbocycles. The zero-order chi connectivity index (χ0) is 20.6. The van der Waals surface area contributed by atoms with Crippen molar-refractivity contribution < 1.29 is 19.1 Å². The molecule has 0 unspecified atom stereocenters. The van der Waals surface area contributed by atoms with E-state index in [-0.39, 0.29) is 17.9 Å². The summed E-state index contributed by atoms with van der Waals surface area (Å²) in [7, 11) is 0. The van der Waals surface area contributed by atoms with Crippen LogP contribution in [-0.4, -0.2) is 29.9 Å². The molecule has 3 rings (SSSR count). The quantitative estimate of drug-likeness (QED) is 0.704. The number of hydrogen-bond donors (Lipinski definition) is 2. The largest absolute Gasteiger partial charge is 0.449 e. The molecule has 6 nitrogen and oxygen atoms in total. The fraction of sp³-hybridized carbons (Fsp3) is 0.667. The van der Waals surface area contributed by atoms with E-state index in [2.05, 4.69) is 17.6 Å². The molecule has 0 saturated heterocycles. The van der Waals surface area contributed by atoms with Crippen LogP contribution < -0.4 is 10.6 Å². The average Bonchev–Trinajstić information content (AvgIpc) is 3.30. The highest BCUT2D eigenvalue weighted by atomic mass is 32.1. The van der Waals surface area contributed by atoms with Crippen LogP contribution >= 0.6 is 11.3 Å². The second kappa shape index (κ2) is 8.23. The molecule has 154 valence electrons. The molecule has 2 saturated carbocycles. The monoisotopic (exact) mass is 406 g/mol. The van der Waals surface area contributed by atoms with Crippen molar-refractivity contribution in [1.29, 1.82) is 0 Å². The van der Waals surface area contributed by atoms with Gasteiger partial charge in [-0.1, -0.05) is 6.42 Å². The van der Waals surface area contributed by atoms with Crippen molar-refractivity contribution in [1.82, 2.24) is 5.32 Å². The molecule has 0 spiro atoms. The summed E-state index contributed by atoms with van der Waals surface area (Å²) in [6.07, 6.45) is 4.18. The Morgan fingerprint density at radius 2 is 1.86 bits per heavy atom. The van der Waals surface area contributed by atoms with E-state index in [4.69, 9.17) is 4.74 Å². The number of fused-ring (bicyclic) bond motifs is 2. The van der Waals surface area contributed by atoms with Crippen LogP contribution in [0.1, 0.15) is 67.3 Å². The number of carbonyl (C=O) groups excluding carboxylic acids is 3. The number of ether oxygens (including phenoxy) is 1. The van der Waals surface area contributed by atoms with Gasteiger partial charge in [-0.2, -0.15) is 0 Å². The predicted octanol–water partition coefficient (Wildman–Crippen LogP) is 3.81. The third-order valence-electron chi connectivity index (χ3n) is 6.34. The molecule has 2 aliphatic rings. The molecule has 0 aliphatic heterocycles. The van der Waals surface area contributed by atoms with E-state index in [0.29, 0.717) is 16.5 Å². The molecular weight excluding hydrogens is 376 g/mol. The molecule has 2 bridgehead atoms. The van der Waals surface area contributed by atoms with Gasteiger partial charge in [0.2, 0.25) is 5.91 Å². The normalized spacial score (nSPS) is 25.2. The summed E-state index contributed by atoms with van der Waals surface area (Å²) < 4.78 is 5.44. The highest BCUT2D eigenvalue weighted by Gasteiger charge is 2.42. The van der Waals surface area contributed by atoms with E-state index in [1.807, 2.05) is 13.8 Å². The van der Waals surface area contributed by atoms with Gasteiger partial charge in [-0.15, -0.1) is 11.3 Å². The molecule has 2 amide bonds. The van der Waals surface area contributed by atoms with Crippen LogP contribution in [0.2, 0.25) is 0 Å². The number of esters is 1. The Kier molecular flexibility index (Phi) is 6.12. The summed E-state index contributed by atoms with van der Waals surface area (Å²) in [5.74, 6) is 0.964. The lowest BCUT2D eigenvalue weighted by Gasteiger charge is -2.29. The second-order valence-electron chi connectivity index (χ2n) is 8.35. The van der Waals surface area contributed by atoms with Gasteiger partial charge in [-0.05, 0) is 70.3 Å². The Morgan fingerprint density at radius 3 is 2.43 bits per heavy atom. The maximum absolute atomic E-state index is 12.7. The lowest BCUT2D eigenvalue weighted by molar-refractivity contribution is -0.130. The lowest BCUT2D eigenvalue weighted by Crippen LogP contribution is -2.45. The molecule has 7 heteroatoms. The van der Waals surface area contributed by atoms with Crippen molar-refractivity contribution >= 4 is 34.1 Å². The first-order valence-electron chi connectivity index (χ1n) is 10.1. The number of anilines is 1. The predicted molar refractivity (Wildman–Crippen MR) is 110 cm³/mol. The zero-order valence-corrected chi connectivity index (χ0v) is 18.1. The minimum absolute atomic E-state index is 0.0871. The van der Waals surface area contributed by atoms with Gasteiger partial charge in [-0.3, -0.25) is 9.59 Å². The number of amides is 2. The van der Waals surface area contributed by atoms with Crippen molar-refractivity contribution in [2.75, 3.05) is 5.32 Å². The highest BCUT2D eigenvalue weighted by molar-refractivity contribution is 7.16. The Morgan fingerprint density at radius 1 is 1.14 bits per heavy atom. The van der Waals surface area contributed by atoms with Crippen LogP contribution in [0, 0.1) is 31.6 Å².